The monoisotopic (exact) mass is 418 g/mol. The lowest BCUT2D eigenvalue weighted by Gasteiger charge is -2.16. The molecule has 0 saturated carbocycles. The van der Waals surface area contributed by atoms with E-state index in [4.69, 9.17) is 9.47 Å². The van der Waals surface area contributed by atoms with E-state index in [2.05, 4.69) is 0 Å². The number of aryl methyl sites for hydroxylation is 2. The molecule has 0 radical (unpaired) electrons. The van der Waals surface area contributed by atoms with Crippen LogP contribution in [0.4, 0.5) is 0 Å². The van der Waals surface area contributed by atoms with E-state index in [0.29, 0.717) is 6.42 Å². The van der Waals surface area contributed by atoms with Crippen LogP contribution in [0.1, 0.15) is 43.7 Å². The fourth-order valence-electron chi connectivity index (χ4n) is 3.19. The van der Waals surface area contributed by atoms with Crippen molar-refractivity contribution in [3.05, 3.63) is 59.7 Å². The summed E-state index contributed by atoms with van der Waals surface area (Å²) in [5.74, 6) is 0.162. The molecule has 0 heterocycles. The van der Waals surface area contributed by atoms with Crippen LogP contribution in [0, 0.1) is 6.92 Å². The van der Waals surface area contributed by atoms with Gasteiger partial charge in [0.05, 0.1) is 18.6 Å². The van der Waals surface area contributed by atoms with Gasteiger partial charge in [-0.15, -0.1) is 0 Å². The molecule has 0 spiro atoms. The minimum atomic E-state index is -3.78. The van der Waals surface area contributed by atoms with Crippen LogP contribution >= 0.6 is 0 Å². The average molecular weight is 419 g/mol. The molecular weight excluding hydrogens is 388 g/mol. The third-order valence-corrected chi connectivity index (χ3v) is 6.95. The zero-order valence-electron chi connectivity index (χ0n) is 17.4. The Balaban J connectivity index is 1.98. The smallest absolute Gasteiger partial charge is 0.324 e. The molecule has 0 aliphatic rings. The summed E-state index contributed by atoms with van der Waals surface area (Å²) in [7, 11) is -2.14. The molecule has 0 bridgehead atoms. The maximum atomic E-state index is 13.0. The summed E-state index contributed by atoms with van der Waals surface area (Å²) in [6.07, 6.45) is 3.52. The summed E-state index contributed by atoms with van der Waals surface area (Å²) in [4.78, 5) is 12.5. The van der Waals surface area contributed by atoms with Crippen molar-refractivity contribution in [3.8, 4) is 5.75 Å². The van der Waals surface area contributed by atoms with Crippen molar-refractivity contribution >= 4 is 15.8 Å². The van der Waals surface area contributed by atoms with Gasteiger partial charge in [0, 0.05) is 0 Å². The molecule has 2 rings (SSSR count). The number of methoxy groups -OCH3 is 1. The van der Waals surface area contributed by atoms with Gasteiger partial charge in [-0.3, -0.25) is 4.79 Å². The summed E-state index contributed by atoms with van der Waals surface area (Å²) in [6.45, 7) is 3.73. The SMILES string of the molecule is CCOC(=O)C(CCCCCc1cccc(OC)c1)S(=O)(=O)c1ccc(C)cc1. The van der Waals surface area contributed by atoms with E-state index in [1.165, 1.54) is 5.56 Å². The summed E-state index contributed by atoms with van der Waals surface area (Å²) in [5, 5.41) is -1.16. The molecule has 158 valence electrons. The van der Waals surface area contributed by atoms with Gasteiger partial charge in [-0.05, 0) is 62.9 Å². The summed E-state index contributed by atoms with van der Waals surface area (Å²) >= 11 is 0. The molecule has 0 amide bonds. The quantitative estimate of drug-likeness (QED) is 0.397. The van der Waals surface area contributed by atoms with Crippen molar-refractivity contribution in [3.63, 3.8) is 0 Å². The van der Waals surface area contributed by atoms with Crippen molar-refractivity contribution in [2.24, 2.45) is 0 Å². The zero-order chi connectivity index (χ0) is 21.3. The van der Waals surface area contributed by atoms with Crippen LogP contribution in [0.25, 0.3) is 0 Å². The number of benzene rings is 2. The van der Waals surface area contributed by atoms with Crippen LogP contribution in [-0.4, -0.2) is 33.4 Å². The second-order valence-electron chi connectivity index (χ2n) is 7.05. The lowest BCUT2D eigenvalue weighted by atomic mass is 10.1. The van der Waals surface area contributed by atoms with E-state index < -0.39 is 21.1 Å². The zero-order valence-corrected chi connectivity index (χ0v) is 18.2. The minimum Gasteiger partial charge on any atom is -0.497 e. The third-order valence-electron chi connectivity index (χ3n) is 4.84. The molecule has 0 saturated heterocycles. The van der Waals surface area contributed by atoms with Crippen LogP contribution < -0.4 is 4.74 Å². The molecule has 0 aliphatic heterocycles. The van der Waals surface area contributed by atoms with Gasteiger partial charge < -0.3 is 9.47 Å². The van der Waals surface area contributed by atoms with Crippen LogP contribution in [0.15, 0.2) is 53.4 Å². The largest absolute Gasteiger partial charge is 0.497 e. The number of ether oxygens (including phenoxy) is 2. The second kappa shape index (κ2) is 11.0. The molecule has 5 nitrogen and oxygen atoms in total. The number of esters is 1. The van der Waals surface area contributed by atoms with Crippen molar-refractivity contribution in [2.75, 3.05) is 13.7 Å². The molecule has 2 aromatic rings. The first-order chi connectivity index (χ1) is 13.9. The number of rotatable bonds is 11. The third kappa shape index (κ3) is 6.60. The Hall–Kier alpha value is -2.34. The fourth-order valence-corrected chi connectivity index (χ4v) is 4.83. The molecule has 0 N–H and O–H groups in total. The summed E-state index contributed by atoms with van der Waals surface area (Å²) < 4.78 is 36.3. The number of carbonyl (C=O) groups excluding carboxylic acids is 1. The molecule has 0 aromatic heterocycles. The first-order valence-electron chi connectivity index (χ1n) is 9.98. The minimum absolute atomic E-state index is 0.161. The Kier molecular flexibility index (Phi) is 8.70. The lowest BCUT2D eigenvalue weighted by molar-refractivity contribution is -0.142. The molecule has 1 unspecified atom stereocenters. The molecule has 1 atom stereocenters. The van der Waals surface area contributed by atoms with Gasteiger partial charge in [-0.2, -0.15) is 0 Å². The number of hydrogen-bond acceptors (Lipinski definition) is 5. The highest BCUT2D eigenvalue weighted by molar-refractivity contribution is 7.92. The van der Waals surface area contributed by atoms with Crippen LogP contribution in [0.2, 0.25) is 0 Å². The van der Waals surface area contributed by atoms with E-state index in [1.807, 2.05) is 31.2 Å². The maximum Gasteiger partial charge on any atom is 0.324 e. The van der Waals surface area contributed by atoms with Gasteiger partial charge in [-0.25, -0.2) is 8.42 Å². The standard InChI is InChI=1S/C23H30O5S/c1-4-28-23(24)22(29(25,26)21-15-13-18(2)14-16-21)12-7-5-6-9-19-10-8-11-20(17-19)27-3/h8,10-11,13-17,22H,4-7,9,12H2,1-3H3. The Morgan fingerprint density at radius 2 is 1.76 bits per heavy atom. The number of unbranched alkanes of at least 4 members (excludes halogenated alkanes) is 2. The first-order valence-corrected chi connectivity index (χ1v) is 11.5. The summed E-state index contributed by atoms with van der Waals surface area (Å²) in [5.41, 5.74) is 2.15. The van der Waals surface area contributed by atoms with E-state index in [9.17, 15) is 13.2 Å². The van der Waals surface area contributed by atoms with Gasteiger partial charge in [0.15, 0.2) is 15.1 Å². The molecule has 0 aliphatic carbocycles. The Labute approximate surface area is 174 Å². The molecular formula is C23H30O5S. The normalized spacial score (nSPS) is 12.4. The first kappa shape index (κ1) is 22.9. The molecule has 29 heavy (non-hydrogen) atoms. The van der Waals surface area contributed by atoms with E-state index in [-0.39, 0.29) is 17.9 Å². The topological polar surface area (TPSA) is 69.7 Å². The van der Waals surface area contributed by atoms with Crippen LogP contribution in [0.3, 0.4) is 0 Å². The molecule has 0 fully saturated rings. The van der Waals surface area contributed by atoms with Gasteiger partial charge in [0.1, 0.15) is 5.75 Å². The highest BCUT2D eigenvalue weighted by Gasteiger charge is 2.34. The predicted octanol–water partition coefficient (Wildman–Crippen LogP) is 4.51. The van der Waals surface area contributed by atoms with Gasteiger partial charge in [0.25, 0.3) is 0 Å². The van der Waals surface area contributed by atoms with Crippen molar-refractivity contribution < 1.29 is 22.7 Å². The number of hydrogen-bond donors (Lipinski definition) is 0. The maximum absolute atomic E-state index is 13.0. The van der Waals surface area contributed by atoms with Gasteiger partial charge in [0.2, 0.25) is 0 Å². The second-order valence-corrected chi connectivity index (χ2v) is 9.18. The van der Waals surface area contributed by atoms with Gasteiger partial charge >= 0.3 is 5.97 Å². The summed E-state index contributed by atoms with van der Waals surface area (Å²) in [6, 6.07) is 14.5. The van der Waals surface area contributed by atoms with Crippen molar-refractivity contribution in [1.82, 2.24) is 0 Å². The number of sulfone groups is 1. The molecule has 2 aromatic carbocycles. The fraction of sp³-hybridized carbons (Fsp3) is 0.435. The predicted molar refractivity (Wildman–Crippen MR) is 114 cm³/mol. The highest BCUT2D eigenvalue weighted by Crippen LogP contribution is 2.23. The highest BCUT2D eigenvalue weighted by atomic mass is 32.2. The van der Waals surface area contributed by atoms with E-state index in [0.717, 1.165) is 30.6 Å². The number of carbonyl (C=O) groups is 1. The van der Waals surface area contributed by atoms with Gasteiger partial charge in [-0.1, -0.05) is 42.7 Å². The van der Waals surface area contributed by atoms with Crippen molar-refractivity contribution in [1.29, 1.82) is 0 Å². The van der Waals surface area contributed by atoms with E-state index in [1.54, 1.807) is 38.3 Å². The molecule has 6 heteroatoms. The Morgan fingerprint density at radius 3 is 2.41 bits per heavy atom. The van der Waals surface area contributed by atoms with Crippen LogP contribution in [0.5, 0.6) is 5.75 Å². The Morgan fingerprint density at radius 1 is 1.03 bits per heavy atom. The average Bonchev–Trinajstić information content (AvgIpc) is 2.71. The van der Waals surface area contributed by atoms with E-state index >= 15 is 0 Å². The van der Waals surface area contributed by atoms with Crippen LogP contribution in [-0.2, 0) is 25.8 Å². The lowest BCUT2D eigenvalue weighted by Crippen LogP contribution is -2.32. The van der Waals surface area contributed by atoms with Crippen molar-refractivity contribution in [2.45, 2.75) is 56.1 Å². The Bertz CT molecular complexity index is 888.